The van der Waals surface area contributed by atoms with E-state index in [2.05, 4.69) is 25.6 Å². The van der Waals surface area contributed by atoms with Crippen LogP contribution in [0, 0.1) is 0 Å². The number of rotatable bonds is 11. The van der Waals surface area contributed by atoms with E-state index in [1.165, 1.54) is 16.8 Å². The standard InChI is InChI=1S/C26H34F3N6O2PS/c1-17(2)38(36,18(3)4)16-19-9-7-11-21(13-19)33-25-32-15-22(26(27,28)29)23(34-25)31-14-20-10-8-12-30-24(20)35(5)39(6)37/h7-13,15,17-18H,14,16H2,1-6H3,(H2,31,32,33,34). The fourth-order valence-corrected chi connectivity index (χ4v) is 7.16. The predicted molar refractivity (Wildman–Crippen MR) is 152 cm³/mol. The lowest BCUT2D eigenvalue weighted by atomic mass is 10.2. The smallest absolute Gasteiger partial charge is 0.365 e. The molecule has 1 aromatic carbocycles. The molecule has 3 rings (SSSR count). The molecule has 1 atom stereocenters. The third-order valence-corrected chi connectivity index (χ3v) is 11.8. The van der Waals surface area contributed by atoms with Gasteiger partial charge in [-0.1, -0.05) is 45.9 Å². The maximum absolute atomic E-state index is 13.8. The van der Waals surface area contributed by atoms with Crippen molar-refractivity contribution in [1.29, 1.82) is 0 Å². The molecule has 0 aliphatic heterocycles. The average molecular weight is 583 g/mol. The van der Waals surface area contributed by atoms with Gasteiger partial charge in [-0.05, 0) is 23.8 Å². The molecule has 2 N–H and O–H groups in total. The van der Waals surface area contributed by atoms with E-state index in [9.17, 15) is 21.9 Å². The maximum atomic E-state index is 13.8. The first kappa shape index (κ1) is 30.6. The van der Waals surface area contributed by atoms with Gasteiger partial charge in [-0.25, -0.2) is 14.2 Å². The summed E-state index contributed by atoms with van der Waals surface area (Å²) in [5, 5.41) is 5.72. The zero-order valence-corrected chi connectivity index (χ0v) is 24.5. The normalized spacial score (nSPS) is 13.0. The van der Waals surface area contributed by atoms with Crippen molar-refractivity contribution in [1.82, 2.24) is 15.0 Å². The van der Waals surface area contributed by atoms with Crippen molar-refractivity contribution in [2.24, 2.45) is 0 Å². The van der Waals surface area contributed by atoms with Crippen molar-refractivity contribution in [2.45, 2.75) is 57.9 Å². The van der Waals surface area contributed by atoms with Gasteiger partial charge in [-0.3, -0.25) is 4.31 Å². The summed E-state index contributed by atoms with van der Waals surface area (Å²) in [7, 11) is -2.28. The molecule has 39 heavy (non-hydrogen) atoms. The third-order valence-electron chi connectivity index (χ3n) is 6.45. The first-order chi connectivity index (χ1) is 18.2. The molecule has 0 fully saturated rings. The van der Waals surface area contributed by atoms with Gasteiger partial charge in [0.1, 0.15) is 28.2 Å². The van der Waals surface area contributed by atoms with Crippen LogP contribution < -0.4 is 14.9 Å². The van der Waals surface area contributed by atoms with Gasteiger partial charge in [0.15, 0.2) is 0 Å². The van der Waals surface area contributed by atoms with Crippen molar-refractivity contribution in [3.05, 3.63) is 65.5 Å². The number of benzene rings is 1. The van der Waals surface area contributed by atoms with Crippen LogP contribution >= 0.6 is 7.14 Å². The Morgan fingerprint density at radius 2 is 1.77 bits per heavy atom. The number of halogens is 3. The van der Waals surface area contributed by atoms with E-state index in [1.807, 2.05) is 39.8 Å². The van der Waals surface area contributed by atoms with E-state index in [1.54, 1.807) is 31.3 Å². The highest BCUT2D eigenvalue weighted by Gasteiger charge is 2.35. The van der Waals surface area contributed by atoms with Crippen LogP contribution in [0.25, 0.3) is 0 Å². The molecular formula is C26H34F3N6O2PS. The second-order valence-corrected chi connectivity index (χ2v) is 15.2. The molecule has 0 amide bonds. The van der Waals surface area contributed by atoms with Gasteiger partial charge in [0.25, 0.3) is 0 Å². The molecule has 212 valence electrons. The fraction of sp³-hybridized carbons (Fsp3) is 0.423. The van der Waals surface area contributed by atoms with Crippen molar-refractivity contribution in [2.75, 3.05) is 28.2 Å². The number of hydrogen-bond donors (Lipinski definition) is 2. The second-order valence-electron chi connectivity index (χ2n) is 9.74. The van der Waals surface area contributed by atoms with Crippen LogP contribution in [0.1, 0.15) is 44.4 Å². The molecule has 8 nitrogen and oxygen atoms in total. The van der Waals surface area contributed by atoms with E-state index in [4.69, 9.17) is 0 Å². The topological polar surface area (TPSA) is 100 Å². The summed E-state index contributed by atoms with van der Waals surface area (Å²) in [4.78, 5) is 12.2. The molecule has 0 saturated heterocycles. The zero-order valence-electron chi connectivity index (χ0n) is 22.8. The van der Waals surface area contributed by atoms with Gasteiger partial charge in [0.2, 0.25) is 5.95 Å². The minimum atomic E-state index is -4.69. The van der Waals surface area contributed by atoms with Crippen molar-refractivity contribution >= 4 is 41.4 Å². The molecule has 1 unspecified atom stereocenters. The zero-order chi connectivity index (χ0) is 29.0. The SMILES string of the molecule is CC(C)P(=O)(Cc1cccc(Nc2ncc(C(F)(F)F)c(NCc3cccnc3N(C)S(C)=O)n2)c1)C(C)C. The lowest BCUT2D eigenvalue weighted by Crippen LogP contribution is -2.22. The number of nitrogens with zero attached hydrogens (tertiary/aromatic N) is 4. The fourth-order valence-electron chi connectivity index (χ4n) is 4.06. The second kappa shape index (κ2) is 12.5. The van der Waals surface area contributed by atoms with Crippen molar-refractivity contribution in [3.8, 4) is 0 Å². The highest BCUT2D eigenvalue weighted by atomic mass is 32.2. The van der Waals surface area contributed by atoms with Gasteiger partial charge in [0, 0.05) is 61.0 Å². The maximum Gasteiger partial charge on any atom is 0.421 e. The highest BCUT2D eigenvalue weighted by Crippen LogP contribution is 2.57. The number of aromatic nitrogens is 3. The Bertz CT molecular complexity index is 1360. The summed E-state index contributed by atoms with van der Waals surface area (Å²) in [6.07, 6.45) is -0.538. The Morgan fingerprint density at radius 1 is 1.08 bits per heavy atom. The Labute approximate surface area is 229 Å². The molecular weight excluding hydrogens is 548 g/mol. The monoisotopic (exact) mass is 582 g/mol. The minimum Gasteiger partial charge on any atom is -0.365 e. The summed E-state index contributed by atoms with van der Waals surface area (Å²) in [5.41, 5.74) is 1.01. The van der Waals surface area contributed by atoms with Gasteiger partial charge in [-0.15, -0.1) is 0 Å². The molecule has 0 bridgehead atoms. The number of pyridine rings is 1. The Hall–Kier alpha value is -2.98. The molecule has 0 aliphatic rings. The highest BCUT2D eigenvalue weighted by molar-refractivity contribution is 7.85. The number of anilines is 4. The summed E-state index contributed by atoms with van der Waals surface area (Å²) in [6.45, 7) is 7.80. The molecule has 0 radical (unpaired) electrons. The van der Waals surface area contributed by atoms with Gasteiger partial charge < -0.3 is 15.2 Å². The lowest BCUT2D eigenvalue weighted by Gasteiger charge is -2.26. The van der Waals surface area contributed by atoms with E-state index in [0.29, 0.717) is 23.2 Å². The summed E-state index contributed by atoms with van der Waals surface area (Å²) < 4.78 is 68.2. The molecule has 13 heteroatoms. The van der Waals surface area contributed by atoms with Crippen LogP contribution in [0.5, 0.6) is 0 Å². The van der Waals surface area contributed by atoms with Gasteiger partial charge in [0.05, 0.1) is 7.14 Å². The number of hydrogen-bond acceptors (Lipinski definition) is 7. The minimum absolute atomic E-state index is 0.0263. The Kier molecular flexibility index (Phi) is 9.77. The third kappa shape index (κ3) is 7.57. The predicted octanol–water partition coefficient (Wildman–Crippen LogP) is 6.66. The largest absolute Gasteiger partial charge is 0.421 e. The number of alkyl halides is 3. The van der Waals surface area contributed by atoms with Crippen LogP contribution in [-0.4, -0.2) is 43.8 Å². The van der Waals surface area contributed by atoms with Crippen molar-refractivity contribution in [3.63, 3.8) is 0 Å². The summed E-state index contributed by atoms with van der Waals surface area (Å²) >= 11 is 0. The summed E-state index contributed by atoms with van der Waals surface area (Å²) in [5.74, 6) is -0.0595. The molecule has 0 saturated carbocycles. The van der Waals surface area contributed by atoms with Crippen LogP contribution in [0.15, 0.2) is 48.8 Å². The van der Waals surface area contributed by atoms with E-state index < -0.39 is 35.7 Å². The van der Waals surface area contributed by atoms with Crippen LogP contribution in [0.2, 0.25) is 0 Å². The van der Waals surface area contributed by atoms with Gasteiger partial charge in [-0.2, -0.15) is 18.2 Å². The lowest BCUT2D eigenvalue weighted by molar-refractivity contribution is -0.137. The van der Waals surface area contributed by atoms with E-state index in [0.717, 1.165) is 11.8 Å². The van der Waals surface area contributed by atoms with Gasteiger partial charge >= 0.3 is 6.18 Å². The number of nitrogens with one attached hydrogen (secondary N) is 2. The van der Waals surface area contributed by atoms with E-state index >= 15 is 0 Å². The Balaban J connectivity index is 1.88. The van der Waals surface area contributed by atoms with Crippen LogP contribution in [0.4, 0.5) is 36.4 Å². The molecule has 0 spiro atoms. The molecule has 2 aromatic heterocycles. The average Bonchev–Trinajstić information content (AvgIpc) is 2.86. The molecule has 2 heterocycles. The van der Waals surface area contributed by atoms with Crippen LogP contribution in [0.3, 0.4) is 0 Å². The van der Waals surface area contributed by atoms with Crippen LogP contribution in [-0.2, 0) is 34.4 Å². The molecule has 0 aliphatic carbocycles. The molecule has 3 aromatic rings. The van der Waals surface area contributed by atoms with Crippen molar-refractivity contribution < 1.29 is 21.9 Å². The summed E-state index contributed by atoms with van der Waals surface area (Å²) in [6, 6.07) is 10.6. The first-order valence-electron chi connectivity index (χ1n) is 12.4. The first-order valence-corrected chi connectivity index (χ1v) is 15.9. The Morgan fingerprint density at radius 3 is 2.38 bits per heavy atom. The van der Waals surface area contributed by atoms with E-state index in [-0.39, 0.29) is 23.8 Å². The quantitative estimate of drug-likeness (QED) is 0.244.